The number of carbonyl (C=O) groups is 1. The van der Waals surface area contributed by atoms with E-state index < -0.39 is 10.8 Å². The zero-order chi connectivity index (χ0) is 19.8. The van der Waals surface area contributed by atoms with Crippen molar-refractivity contribution in [3.63, 3.8) is 0 Å². The van der Waals surface area contributed by atoms with Crippen molar-refractivity contribution in [3.05, 3.63) is 69.8 Å². The second-order valence-electron chi connectivity index (χ2n) is 5.49. The molecule has 2 N–H and O–H groups in total. The third kappa shape index (κ3) is 5.89. The summed E-state index contributed by atoms with van der Waals surface area (Å²) < 4.78 is 5.36. The van der Waals surface area contributed by atoms with Crippen molar-refractivity contribution < 1.29 is 14.5 Å². The van der Waals surface area contributed by atoms with Gasteiger partial charge in [-0.15, -0.1) is 0 Å². The number of amides is 1. The molecule has 140 valence electrons. The summed E-state index contributed by atoms with van der Waals surface area (Å²) in [5.74, 6) is 0.348. The van der Waals surface area contributed by atoms with Gasteiger partial charge in [0.05, 0.1) is 22.8 Å². The number of ether oxygens (including phenoxy) is 1. The number of rotatable bonds is 6. The van der Waals surface area contributed by atoms with E-state index in [1.54, 1.807) is 25.1 Å². The SMILES string of the molecule is CCOc1ccc(/C=C/C(=O)NC(=S)Nc2cccc([N+](=O)[O-])c2C)cc1. The lowest BCUT2D eigenvalue weighted by Gasteiger charge is -2.10. The van der Waals surface area contributed by atoms with Crippen molar-refractivity contribution >= 4 is 40.7 Å². The summed E-state index contributed by atoms with van der Waals surface area (Å²) in [5, 5.41) is 16.3. The molecule has 8 heteroatoms. The highest BCUT2D eigenvalue weighted by Gasteiger charge is 2.14. The van der Waals surface area contributed by atoms with E-state index in [9.17, 15) is 14.9 Å². The van der Waals surface area contributed by atoms with E-state index in [0.717, 1.165) is 11.3 Å². The molecule has 2 rings (SSSR count). The summed E-state index contributed by atoms with van der Waals surface area (Å²) in [6.45, 7) is 4.10. The molecule has 0 aromatic heterocycles. The number of nitrogens with one attached hydrogen (secondary N) is 2. The highest BCUT2D eigenvalue weighted by molar-refractivity contribution is 7.80. The molecule has 0 bridgehead atoms. The van der Waals surface area contributed by atoms with Gasteiger partial charge in [-0.05, 0) is 55.9 Å². The minimum atomic E-state index is -0.471. The smallest absolute Gasteiger partial charge is 0.274 e. The Bertz CT molecular complexity index is 879. The number of nitro benzene ring substituents is 1. The molecular formula is C19H19N3O4S. The van der Waals surface area contributed by atoms with Gasteiger partial charge >= 0.3 is 0 Å². The summed E-state index contributed by atoms with van der Waals surface area (Å²) in [6.07, 6.45) is 3.00. The summed E-state index contributed by atoms with van der Waals surface area (Å²) >= 11 is 5.09. The highest BCUT2D eigenvalue weighted by Crippen LogP contribution is 2.24. The maximum atomic E-state index is 12.0. The molecule has 0 fully saturated rings. The van der Waals surface area contributed by atoms with Crippen LogP contribution in [-0.2, 0) is 4.79 Å². The molecular weight excluding hydrogens is 366 g/mol. The van der Waals surface area contributed by atoms with Crippen molar-refractivity contribution in [2.75, 3.05) is 11.9 Å². The monoisotopic (exact) mass is 385 g/mol. The number of thiocarbonyl (C=S) groups is 1. The number of hydrogen-bond donors (Lipinski definition) is 2. The summed E-state index contributed by atoms with van der Waals surface area (Å²) in [5.41, 5.74) is 1.71. The first-order valence-corrected chi connectivity index (χ1v) is 8.58. The fourth-order valence-electron chi connectivity index (χ4n) is 2.28. The molecule has 0 unspecified atom stereocenters. The van der Waals surface area contributed by atoms with E-state index in [1.807, 2.05) is 31.2 Å². The van der Waals surface area contributed by atoms with Crippen LogP contribution in [-0.4, -0.2) is 22.5 Å². The van der Waals surface area contributed by atoms with E-state index in [1.165, 1.54) is 12.1 Å². The van der Waals surface area contributed by atoms with Crippen LogP contribution in [0.25, 0.3) is 6.08 Å². The second-order valence-corrected chi connectivity index (χ2v) is 5.89. The predicted octanol–water partition coefficient (Wildman–Crippen LogP) is 3.83. The van der Waals surface area contributed by atoms with Gasteiger partial charge in [0.15, 0.2) is 5.11 Å². The maximum absolute atomic E-state index is 12.0. The van der Waals surface area contributed by atoms with Crippen LogP contribution in [0.3, 0.4) is 0 Å². The Hall–Kier alpha value is -3.26. The third-order valence-corrected chi connectivity index (χ3v) is 3.81. The third-order valence-electron chi connectivity index (χ3n) is 3.61. The minimum absolute atomic E-state index is 0.0236. The Balaban J connectivity index is 1.95. The molecule has 0 spiro atoms. The molecule has 0 atom stereocenters. The highest BCUT2D eigenvalue weighted by atomic mass is 32.1. The molecule has 7 nitrogen and oxygen atoms in total. The standard InChI is InChI=1S/C19H19N3O4S/c1-3-26-15-10-7-14(8-11-15)9-12-18(23)21-19(27)20-16-5-4-6-17(13(16)2)22(24)25/h4-12H,3H2,1-2H3,(H2,20,21,23,27)/b12-9+. The summed E-state index contributed by atoms with van der Waals surface area (Å²) in [4.78, 5) is 22.5. The molecule has 0 aliphatic rings. The van der Waals surface area contributed by atoms with Crippen LogP contribution in [0.15, 0.2) is 48.5 Å². The number of carbonyl (C=O) groups excluding carboxylic acids is 1. The Morgan fingerprint density at radius 2 is 1.96 bits per heavy atom. The van der Waals surface area contributed by atoms with Crippen molar-refractivity contribution in [2.24, 2.45) is 0 Å². The number of benzene rings is 2. The van der Waals surface area contributed by atoms with Crippen LogP contribution in [0.2, 0.25) is 0 Å². The molecule has 27 heavy (non-hydrogen) atoms. The van der Waals surface area contributed by atoms with E-state index in [0.29, 0.717) is 17.9 Å². The van der Waals surface area contributed by atoms with Crippen LogP contribution in [0.4, 0.5) is 11.4 Å². The van der Waals surface area contributed by atoms with E-state index in [2.05, 4.69) is 10.6 Å². The molecule has 0 saturated heterocycles. The summed E-state index contributed by atoms with van der Waals surface area (Å²) in [7, 11) is 0. The fourth-order valence-corrected chi connectivity index (χ4v) is 2.49. The predicted molar refractivity (Wildman–Crippen MR) is 109 cm³/mol. The molecule has 2 aromatic rings. The lowest BCUT2D eigenvalue weighted by Crippen LogP contribution is -2.33. The van der Waals surface area contributed by atoms with E-state index >= 15 is 0 Å². The number of nitrogens with zero attached hydrogens (tertiary/aromatic N) is 1. The van der Waals surface area contributed by atoms with Crippen LogP contribution in [0, 0.1) is 17.0 Å². The number of hydrogen-bond acceptors (Lipinski definition) is 5. The van der Waals surface area contributed by atoms with Crippen LogP contribution in [0.1, 0.15) is 18.1 Å². The Labute approximate surface area is 162 Å². The molecule has 2 aromatic carbocycles. The second kappa shape index (κ2) is 9.44. The van der Waals surface area contributed by atoms with Crippen molar-refractivity contribution in [1.29, 1.82) is 0 Å². The zero-order valence-electron chi connectivity index (χ0n) is 14.9. The first-order valence-electron chi connectivity index (χ1n) is 8.17. The Morgan fingerprint density at radius 1 is 1.26 bits per heavy atom. The van der Waals surface area contributed by atoms with Gasteiger partial charge in [0.1, 0.15) is 5.75 Å². The molecule has 0 aliphatic heterocycles. The molecule has 0 saturated carbocycles. The van der Waals surface area contributed by atoms with E-state index in [4.69, 9.17) is 17.0 Å². The Kier molecular flexibility index (Phi) is 7.01. The first-order chi connectivity index (χ1) is 12.9. The van der Waals surface area contributed by atoms with Crippen LogP contribution in [0.5, 0.6) is 5.75 Å². The topological polar surface area (TPSA) is 93.5 Å². The lowest BCUT2D eigenvalue weighted by atomic mass is 10.1. The lowest BCUT2D eigenvalue weighted by molar-refractivity contribution is -0.385. The normalized spacial score (nSPS) is 10.4. The van der Waals surface area contributed by atoms with Gasteiger partial charge in [-0.2, -0.15) is 0 Å². The first kappa shape index (κ1) is 20.1. The van der Waals surface area contributed by atoms with Gasteiger partial charge in [0.25, 0.3) is 5.69 Å². The van der Waals surface area contributed by atoms with Gasteiger partial charge in [-0.1, -0.05) is 18.2 Å². The van der Waals surface area contributed by atoms with Crippen molar-refractivity contribution in [3.8, 4) is 5.75 Å². The van der Waals surface area contributed by atoms with Crippen molar-refractivity contribution in [2.45, 2.75) is 13.8 Å². The molecule has 0 heterocycles. The summed E-state index contributed by atoms with van der Waals surface area (Å²) in [6, 6.07) is 11.9. The molecule has 0 radical (unpaired) electrons. The van der Waals surface area contributed by atoms with Gasteiger partial charge in [-0.25, -0.2) is 0 Å². The van der Waals surface area contributed by atoms with Gasteiger partial charge in [0, 0.05) is 12.1 Å². The quantitative estimate of drug-likeness (QED) is 0.340. The zero-order valence-corrected chi connectivity index (χ0v) is 15.7. The Morgan fingerprint density at radius 3 is 2.59 bits per heavy atom. The van der Waals surface area contributed by atoms with E-state index in [-0.39, 0.29) is 10.8 Å². The van der Waals surface area contributed by atoms with Gasteiger partial charge < -0.3 is 10.1 Å². The van der Waals surface area contributed by atoms with Gasteiger partial charge in [0.2, 0.25) is 5.91 Å². The molecule has 1 amide bonds. The average Bonchev–Trinajstić information content (AvgIpc) is 2.63. The van der Waals surface area contributed by atoms with Crippen LogP contribution < -0.4 is 15.4 Å². The maximum Gasteiger partial charge on any atom is 0.274 e. The van der Waals surface area contributed by atoms with Gasteiger partial charge in [-0.3, -0.25) is 20.2 Å². The van der Waals surface area contributed by atoms with Crippen molar-refractivity contribution in [1.82, 2.24) is 5.32 Å². The molecule has 0 aliphatic carbocycles. The number of nitro groups is 1. The van der Waals surface area contributed by atoms with Crippen LogP contribution >= 0.6 is 12.2 Å². The fraction of sp³-hybridized carbons (Fsp3) is 0.158. The number of anilines is 1. The largest absolute Gasteiger partial charge is 0.494 e. The average molecular weight is 385 g/mol. The minimum Gasteiger partial charge on any atom is -0.494 e.